The molecule has 0 saturated carbocycles. The van der Waals surface area contributed by atoms with Crippen molar-refractivity contribution in [1.82, 2.24) is 10.4 Å². The Morgan fingerprint density at radius 3 is 3.07 bits per heavy atom. The first kappa shape index (κ1) is 9.53. The predicted molar refractivity (Wildman–Crippen MR) is 49.7 cm³/mol. The lowest BCUT2D eigenvalue weighted by Gasteiger charge is -2.20. The summed E-state index contributed by atoms with van der Waals surface area (Å²) in [5, 5.41) is 19.8. The Morgan fingerprint density at radius 1 is 1.67 bits per heavy atom. The SMILES string of the molecule is COC(=O)C1=C2N=C(O)C=C(O)N2NC1. The Bertz CT molecular complexity index is 410. The van der Waals surface area contributed by atoms with Crippen LogP contribution in [0.25, 0.3) is 0 Å². The zero-order valence-corrected chi connectivity index (χ0v) is 7.89. The van der Waals surface area contributed by atoms with Crippen molar-refractivity contribution >= 4 is 11.9 Å². The van der Waals surface area contributed by atoms with E-state index < -0.39 is 5.97 Å². The molecule has 0 aromatic heterocycles. The van der Waals surface area contributed by atoms with Crippen molar-refractivity contribution in [1.29, 1.82) is 0 Å². The maximum Gasteiger partial charge on any atom is 0.338 e. The fourth-order valence-corrected chi connectivity index (χ4v) is 1.36. The van der Waals surface area contributed by atoms with Gasteiger partial charge in [0.05, 0.1) is 25.3 Å². The smallest absolute Gasteiger partial charge is 0.338 e. The summed E-state index contributed by atoms with van der Waals surface area (Å²) in [6.07, 6.45) is 1.07. The number of nitrogens with zero attached hydrogens (tertiary/aromatic N) is 2. The van der Waals surface area contributed by atoms with Crippen molar-refractivity contribution in [3.8, 4) is 0 Å². The minimum atomic E-state index is -0.550. The Hall–Kier alpha value is -2.02. The molecule has 7 heteroatoms. The second-order valence-electron chi connectivity index (χ2n) is 2.94. The summed E-state index contributed by atoms with van der Waals surface area (Å²) in [6.45, 7) is 0.191. The van der Waals surface area contributed by atoms with Crippen LogP contribution in [0.4, 0.5) is 0 Å². The Morgan fingerprint density at radius 2 is 2.40 bits per heavy atom. The third-order valence-electron chi connectivity index (χ3n) is 2.04. The summed E-state index contributed by atoms with van der Waals surface area (Å²) in [5.41, 5.74) is 2.97. The maximum atomic E-state index is 11.3. The summed E-state index contributed by atoms with van der Waals surface area (Å²) in [5.74, 6) is -0.981. The molecule has 0 spiro atoms. The first-order valence-corrected chi connectivity index (χ1v) is 4.17. The van der Waals surface area contributed by atoms with E-state index in [1.54, 1.807) is 0 Å². The van der Waals surface area contributed by atoms with E-state index in [1.807, 2.05) is 0 Å². The summed E-state index contributed by atoms with van der Waals surface area (Å²) in [7, 11) is 1.25. The lowest BCUT2D eigenvalue weighted by Crippen LogP contribution is -2.33. The van der Waals surface area contributed by atoms with Gasteiger partial charge in [0.25, 0.3) is 0 Å². The summed E-state index contributed by atoms with van der Waals surface area (Å²) in [6, 6.07) is 0. The number of nitrogens with one attached hydrogen (secondary N) is 1. The zero-order chi connectivity index (χ0) is 11.0. The molecule has 0 unspecified atom stereocenters. The molecule has 0 aliphatic carbocycles. The van der Waals surface area contributed by atoms with Gasteiger partial charge in [0.15, 0.2) is 5.82 Å². The minimum absolute atomic E-state index is 0.152. The monoisotopic (exact) mass is 211 g/mol. The third kappa shape index (κ3) is 1.42. The topological polar surface area (TPSA) is 94.4 Å². The number of fused-ring (bicyclic) bond motifs is 1. The number of ether oxygens (including phenoxy) is 1. The first-order valence-electron chi connectivity index (χ1n) is 4.17. The molecule has 0 radical (unpaired) electrons. The molecule has 15 heavy (non-hydrogen) atoms. The number of aliphatic hydroxyl groups is 2. The lowest BCUT2D eigenvalue weighted by molar-refractivity contribution is -0.136. The van der Waals surface area contributed by atoms with E-state index in [2.05, 4.69) is 15.2 Å². The molecule has 0 atom stereocenters. The van der Waals surface area contributed by atoms with Crippen LogP contribution in [0.15, 0.2) is 28.3 Å². The van der Waals surface area contributed by atoms with E-state index in [-0.39, 0.29) is 29.7 Å². The van der Waals surface area contributed by atoms with Crippen LogP contribution in [0.1, 0.15) is 0 Å². The Labute approximate surface area is 84.9 Å². The number of hydrazine groups is 1. The number of hydrogen-bond acceptors (Lipinski definition) is 6. The number of carbonyl (C=O) groups is 1. The molecule has 0 amide bonds. The van der Waals surface area contributed by atoms with Gasteiger partial charge in [-0.25, -0.2) is 15.2 Å². The van der Waals surface area contributed by atoms with E-state index >= 15 is 0 Å². The number of rotatable bonds is 1. The number of hydrogen-bond donors (Lipinski definition) is 3. The molecule has 0 saturated heterocycles. The molecule has 2 rings (SSSR count). The molecule has 0 aromatic carbocycles. The second kappa shape index (κ2) is 3.28. The maximum absolute atomic E-state index is 11.3. The van der Waals surface area contributed by atoms with Crippen LogP contribution in [0, 0.1) is 0 Å². The van der Waals surface area contributed by atoms with Crippen molar-refractivity contribution in [3.05, 3.63) is 23.4 Å². The minimum Gasteiger partial charge on any atom is -0.493 e. The summed E-state index contributed by atoms with van der Waals surface area (Å²) < 4.78 is 4.54. The van der Waals surface area contributed by atoms with Crippen molar-refractivity contribution in [2.24, 2.45) is 4.99 Å². The normalized spacial score (nSPS) is 19.7. The molecule has 2 heterocycles. The standard InChI is InChI=1S/C8H9N3O4/c1-15-8(14)4-3-9-11-6(13)2-5(12)10-7(4)11/h2,9,13H,3H2,1H3,(H,10,12). The van der Waals surface area contributed by atoms with Crippen LogP contribution in [0.3, 0.4) is 0 Å². The molecule has 0 bridgehead atoms. The van der Waals surface area contributed by atoms with E-state index in [4.69, 9.17) is 0 Å². The number of methoxy groups -OCH3 is 1. The largest absolute Gasteiger partial charge is 0.493 e. The van der Waals surface area contributed by atoms with Gasteiger partial charge in [0.2, 0.25) is 11.8 Å². The van der Waals surface area contributed by atoms with Crippen LogP contribution in [0.2, 0.25) is 0 Å². The number of aliphatic imine (C=N–C) groups is 1. The van der Waals surface area contributed by atoms with Crippen molar-refractivity contribution in [2.75, 3.05) is 13.7 Å². The predicted octanol–water partition coefficient (Wildman–Crippen LogP) is -0.439. The first-order chi connectivity index (χ1) is 7.13. The Kier molecular flexibility index (Phi) is 2.09. The molecular formula is C8H9N3O4. The van der Waals surface area contributed by atoms with Crippen LogP contribution in [-0.2, 0) is 9.53 Å². The van der Waals surface area contributed by atoms with Crippen LogP contribution < -0.4 is 5.43 Å². The molecule has 0 fully saturated rings. The van der Waals surface area contributed by atoms with Crippen molar-refractivity contribution in [3.63, 3.8) is 0 Å². The molecule has 7 nitrogen and oxygen atoms in total. The number of esters is 1. The van der Waals surface area contributed by atoms with Crippen LogP contribution >= 0.6 is 0 Å². The summed E-state index contributed by atoms with van der Waals surface area (Å²) >= 11 is 0. The highest BCUT2D eigenvalue weighted by atomic mass is 16.5. The van der Waals surface area contributed by atoms with Gasteiger partial charge in [-0.05, 0) is 0 Å². The van der Waals surface area contributed by atoms with Crippen molar-refractivity contribution in [2.45, 2.75) is 0 Å². The number of aliphatic hydroxyl groups excluding tert-OH is 2. The average molecular weight is 211 g/mol. The van der Waals surface area contributed by atoms with Crippen LogP contribution in [0.5, 0.6) is 0 Å². The highest BCUT2D eigenvalue weighted by Crippen LogP contribution is 2.23. The number of carbonyl (C=O) groups excluding carboxylic acids is 1. The lowest BCUT2D eigenvalue weighted by atomic mass is 10.3. The van der Waals surface area contributed by atoms with Crippen LogP contribution in [-0.4, -0.2) is 40.7 Å². The quantitative estimate of drug-likeness (QED) is 0.509. The highest BCUT2D eigenvalue weighted by molar-refractivity contribution is 5.93. The van der Waals surface area contributed by atoms with Gasteiger partial charge in [-0.15, -0.1) is 0 Å². The zero-order valence-electron chi connectivity index (χ0n) is 7.89. The Balaban J connectivity index is 2.43. The van der Waals surface area contributed by atoms with Gasteiger partial charge in [-0.1, -0.05) is 0 Å². The van der Waals surface area contributed by atoms with E-state index in [9.17, 15) is 15.0 Å². The van der Waals surface area contributed by atoms with E-state index in [0.29, 0.717) is 0 Å². The molecule has 3 N–H and O–H groups in total. The molecular weight excluding hydrogens is 202 g/mol. The van der Waals surface area contributed by atoms with Gasteiger partial charge in [0.1, 0.15) is 0 Å². The van der Waals surface area contributed by atoms with E-state index in [0.717, 1.165) is 6.08 Å². The fraction of sp³-hybridized carbons (Fsp3) is 0.250. The fourth-order valence-electron chi connectivity index (χ4n) is 1.36. The van der Waals surface area contributed by atoms with Gasteiger partial charge < -0.3 is 14.9 Å². The molecule has 0 aromatic rings. The molecule has 2 aliphatic rings. The highest BCUT2D eigenvalue weighted by Gasteiger charge is 2.32. The van der Waals surface area contributed by atoms with Gasteiger partial charge in [-0.2, -0.15) is 4.99 Å². The second-order valence-corrected chi connectivity index (χ2v) is 2.94. The van der Waals surface area contributed by atoms with Gasteiger partial charge >= 0.3 is 5.97 Å². The van der Waals surface area contributed by atoms with Crippen molar-refractivity contribution < 1.29 is 19.7 Å². The molecule has 2 aliphatic heterocycles. The van der Waals surface area contributed by atoms with Gasteiger partial charge in [0, 0.05) is 0 Å². The van der Waals surface area contributed by atoms with E-state index in [1.165, 1.54) is 12.1 Å². The molecule has 80 valence electrons. The summed E-state index contributed by atoms with van der Waals surface area (Å²) in [4.78, 5) is 15.0. The van der Waals surface area contributed by atoms with Gasteiger partial charge in [-0.3, -0.25) is 0 Å². The third-order valence-corrected chi connectivity index (χ3v) is 2.04. The average Bonchev–Trinajstić information content (AvgIpc) is 2.60.